The number of amides is 1. The number of hydrogen-bond acceptors (Lipinski definition) is 7. The molecule has 11 heteroatoms. The fourth-order valence-corrected chi connectivity index (χ4v) is 5.38. The summed E-state index contributed by atoms with van der Waals surface area (Å²) in [5, 5.41) is 3.63. The number of rotatable bonds is 7. The highest BCUT2D eigenvalue weighted by atomic mass is 35.5. The van der Waals surface area contributed by atoms with E-state index in [4.69, 9.17) is 21.1 Å². The molecule has 1 unspecified atom stereocenters. The van der Waals surface area contributed by atoms with E-state index in [-0.39, 0.29) is 15.7 Å². The van der Waals surface area contributed by atoms with Crippen LogP contribution < -0.4 is 14.8 Å². The number of ether oxygens (including phenoxy) is 2. The lowest BCUT2D eigenvalue weighted by Gasteiger charge is -2.16. The Kier molecular flexibility index (Phi) is 6.85. The lowest BCUT2D eigenvalue weighted by atomic mass is 10.2. The van der Waals surface area contributed by atoms with Crippen LogP contribution in [-0.2, 0) is 19.6 Å². The molecule has 0 saturated carbocycles. The van der Waals surface area contributed by atoms with E-state index in [0.717, 1.165) is 10.1 Å². The molecule has 0 radical (unpaired) electrons. The summed E-state index contributed by atoms with van der Waals surface area (Å²) < 4.78 is 38.4. The van der Waals surface area contributed by atoms with E-state index in [1.165, 1.54) is 50.7 Å². The van der Waals surface area contributed by atoms with Crippen LogP contribution in [0, 0.1) is 0 Å². The molecule has 0 aliphatic carbocycles. The summed E-state index contributed by atoms with van der Waals surface area (Å²) in [7, 11) is -1.43. The van der Waals surface area contributed by atoms with Gasteiger partial charge in [0, 0.05) is 15.4 Å². The van der Waals surface area contributed by atoms with Crippen LogP contribution >= 0.6 is 22.9 Å². The van der Waals surface area contributed by atoms with Gasteiger partial charge in [-0.1, -0.05) is 11.6 Å². The van der Waals surface area contributed by atoms with Crippen LogP contribution in [-0.4, -0.2) is 40.6 Å². The maximum absolute atomic E-state index is 12.7. The van der Waals surface area contributed by atoms with Gasteiger partial charge in [-0.3, -0.25) is 4.79 Å². The molecule has 3 aromatic rings. The first-order valence-corrected chi connectivity index (χ1v) is 11.6. The third-order valence-electron chi connectivity index (χ3n) is 4.31. The molecule has 0 aliphatic rings. The SMILES string of the molecule is COC(=O)c1cc2cc(NC(=O)C(C)NS(=O)(=O)c3cc(Cl)ccc3OC)ccc2s1. The third kappa shape index (κ3) is 5.16. The summed E-state index contributed by atoms with van der Waals surface area (Å²) in [6.07, 6.45) is 0. The van der Waals surface area contributed by atoms with Crippen molar-refractivity contribution in [1.29, 1.82) is 0 Å². The van der Waals surface area contributed by atoms with Crippen LogP contribution in [0.15, 0.2) is 47.4 Å². The smallest absolute Gasteiger partial charge is 0.348 e. The summed E-state index contributed by atoms with van der Waals surface area (Å²) in [4.78, 5) is 24.5. The quantitative estimate of drug-likeness (QED) is 0.497. The Labute approximate surface area is 188 Å². The van der Waals surface area contributed by atoms with Crippen molar-refractivity contribution in [2.75, 3.05) is 19.5 Å². The second-order valence-corrected chi connectivity index (χ2v) is 9.68. The predicted octanol–water partition coefficient (Wildman–Crippen LogP) is 3.66. The monoisotopic (exact) mass is 482 g/mol. The van der Waals surface area contributed by atoms with Gasteiger partial charge in [0.25, 0.3) is 0 Å². The van der Waals surface area contributed by atoms with Crippen LogP contribution in [0.25, 0.3) is 10.1 Å². The van der Waals surface area contributed by atoms with Gasteiger partial charge in [-0.05, 0) is 54.8 Å². The molecule has 2 N–H and O–H groups in total. The van der Waals surface area contributed by atoms with Crippen LogP contribution in [0.5, 0.6) is 5.75 Å². The normalized spacial score (nSPS) is 12.4. The summed E-state index contributed by atoms with van der Waals surface area (Å²) >= 11 is 7.18. The molecule has 164 valence electrons. The average molecular weight is 483 g/mol. The number of esters is 1. The first kappa shape index (κ1) is 23.0. The van der Waals surface area contributed by atoms with Crippen molar-refractivity contribution < 1.29 is 27.5 Å². The maximum Gasteiger partial charge on any atom is 0.348 e. The number of nitrogens with one attached hydrogen (secondary N) is 2. The number of carbonyl (C=O) groups excluding carboxylic acids is 2. The summed E-state index contributed by atoms with van der Waals surface area (Å²) in [6.45, 7) is 1.42. The van der Waals surface area contributed by atoms with Gasteiger partial charge in [0.1, 0.15) is 15.5 Å². The maximum atomic E-state index is 12.7. The Morgan fingerprint density at radius 3 is 2.52 bits per heavy atom. The highest BCUT2D eigenvalue weighted by Crippen LogP contribution is 2.29. The molecule has 0 aliphatic heterocycles. The molecule has 0 bridgehead atoms. The molecule has 0 spiro atoms. The van der Waals surface area contributed by atoms with Gasteiger partial charge in [-0.2, -0.15) is 4.72 Å². The minimum atomic E-state index is -4.08. The molecule has 0 saturated heterocycles. The average Bonchev–Trinajstić information content (AvgIpc) is 3.16. The predicted molar refractivity (Wildman–Crippen MR) is 120 cm³/mol. The van der Waals surface area contributed by atoms with Crippen molar-refractivity contribution in [3.05, 3.63) is 52.4 Å². The van der Waals surface area contributed by atoms with E-state index in [9.17, 15) is 18.0 Å². The minimum Gasteiger partial charge on any atom is -0.495 e. The van der Waals surface area contributed by atoms with Gasteiger partial charge in [0.05, 0.1) is 20.3 Å². The van der Waals surface area contributed by atoms with Crippen molar-refractivity contribution in [3.8, 4) is 5.75 Å². The van der Waals surface area contributed by atoms with Crippen LogP contribution in [0.3, 0.4) is 0 Å². The zero-order valence-corrected chi connectivity index (χ0v) is 19.2. The van der Waals surface area contributed by atoms with Crippen LogP contribution in [0.1, 0.15) is 16.6 Å². The number of hydrogen-bond donors (Lipinski definition) is 2. The van der Waals surface area contributed by atoms with E-state index < -0.39 is 27.9 Å². The number of fused-ring (bicyclic) bond motifs is 1. The molecule has 3 rings (SSSR count). The second-order valence-electron chi connectivity index (χ2n) is 6.48. The number of carbonyl (C=O) groups is 2. The number of anilines is 1. The number of thiophene rings is 1. The van der Waals surface area contributed by atoms with Gasteiger partial charge in [0.2, 0.25) is 15.9 Å². The number of benzene rings is 2. The molecule has 0 fully saturated rings. The molecule has 8 nitrogen and oxygen atoms in total. The van der Waals surface area contributed by atoms with Gasteiger partial charge >= 0.3 is 5.97 Å². The fourth-order valence-electron chi connectivity index (χ4n) is 2.78. The molecule has 31 heavy (non-hydrogen) atoms. The van der Waals surface area contributed by atoms with Crippen molar-refractivity contribution in [3.63, 3.8) is 0 Å². The fraction of sp³-hybridized carbons (Fsp3) is 0.200. The zero-order chi connectivity index (χ0) is 22.8. The number of methoxy groups -OCH3 is 2. The van der Waals surface area contributed by atoms with Crippen LogP contribution in [0.2, 0.25) is 5.02 Å². The molecule has 1 aromatic heterocycles. The van der Waals surface area contributed by atoms with Crippen molar-refractivity contribution >= 4 is 60.6 Å². The van der Waals surface area contributed by atoms with Gasteiger partial charge in [-0.25, -0.2) is 13.2 Å². The topological polar surface area (TPSA) is 111 Å². The van der Waals surface area contributed by atoms with Crippen molar-refractivity contribution in [2.24, 2.45) is 0 Å². The standard InChI is InChI=1S/C20H19ClN2O6S2/c1-11(23-31(26,27)18-10-13(21)4-6-15(18)28-2)19(24)22-14-5-7-16-12(8-14)9-17(30-16)20(25)29-3/h4-11,23H,1-3H3,(H,22,24). The Morgan fingerprint density at radius 1 is 1.10 bits per heavy atom. The molecule has 1 amide bonds. The Bertz CT molecular complexity index is 1260. The van der Waals surface area contributed by atoms with E-state index >= 15 is 0 Å². The number of halogens is 1. The van der Waals surface area contributed by atoms with E-state index in [1.54, 1.807) is 24.3 Å². The molecular weight excluding hydrogens is 464 g/mol. The van der Waals surface area contributed by atoms with E-state index in [1.807, 2.05) is 0 Å². The lowest BCUT2D eigenvalue weighted by molar-refractivity contribution is -0.117. The van der Waals surface area contributed by atoms with Crippen LogP contribution in [0.4, 0.5) is 5.69 Å². The first-order valence-electron chi connectivity index (χ1n) is 8.93. The summed E-state index contributed by atoms with van der Waals surface area (Å²) in [5.41, 5.74) is 0.457. The van der Waals surface area contributed by atoms with Gasteiger partial charge in [-0.15, -0.1) is 11.3 Å². The molecular formula is C20H19ClN2O6S2. The Morgan fingerprint density at radius 2 is 1.84 bits per heavy atom. The highest BCUT2D eigenvalue weighted by molar-refractivity contribution is 7.89. The second kappa shape index (κ2) is 9.23. The largest absolute Gasteiger partial charge is 0.495 e. The van der Waals surface area contributed by atoms with Gasteiger partial charge < -0.3 is 14.8 Å². The lowest BCUT2D eigenvalue weighted by Crippen LogP contribution is -2.41. The van der Waals surface area contributed by atoms with Crippen molar-refractivity contribution in [1.82, 2.24) is 4.72 Å². The zero-order valence-electron chi connectivity index (χ0n) is 16.8. The molecule has 1 atom stereocenters. The Hall–Kier alpha value is -2.66. The summed E-state index contributed by atoms with van der Waals surface area (Å²) in [5.74, 6) is -0.896. The molecule has 2 aromatic carbocycles. The minimum absolute atomic E-state index is 0.105. The molecule has 1 heterocycles. The summed E-state index contributed by atoms with van der Waals surface area (Å²) in [6, 6.07) is 9.87. The van der Waals surface area contributed by atoms with Gasteiger partial charge in [0.15, 0.2) is 0 Å². The van der Waals surface area contributed by atoms with E-state index in [0.29, 0.717) is 10.6 Å². The third-order valence-corrected chi connectivity index (χ3v) is 7.20. The first-order chi connectivity index (χ1) is 14.6. The van der Waals surface area contributed by atoms with E-state index in [2.05, 4.69) is 10.0 Å². The highest BCUT2D eigenvalue weighted by Gasteiger charge is 2.25. The number of sulfonamides is 1. The Balaban J connectivity index is 1.76. The van der Waals surface area contributed by atoms with Crippen molar-refractivity contribution in [2.45, 2.75) is 17.9 Å².